The number of hydrogen-bond acceptors (Lipinski definition) is 4. The second-order valence-corrected chi connectivity index (χ2v) is 3.53. The fourth-order valence-electron chi connectivity index (χ4n) is 1.22. The molecule has 2 N–H and O–H groups in total. The van der Waals surface area contributed by atoms with Crippen LogP contribution in [0.1, 0.15) is 10.4 Å². The molecule has 0 atom stereocenters. The molecule has 0 bridgehead atoms. The van der Waals surface area contributed by atoms with Gasteiger partial charge in [0.2, 0.25) is 0 Å². The number of phenolic OH excluding ortho intramolecular Hbond substituents is 1. The Kier molecular flexibility index (Phi) is 1.70. The van der Waals surface area contributed by atoms with E-state index in [1.807, 2.05) is 0 Å². The largest absolute Gasteiger partial charge is 0.508 e. The summed E-state index contributed by atoms with van der Waals surface area (Å²) in [6.45, 7) is 0. The predicted octanol–water partition coefficient (Wildman–Crippen LogP) is 2.12. The van der Waals surface area contributed by atoms with Crippen molar-refractivity contribution < 1.29 is 15.0 Å². The van der Waals surface area contributed by atoms with E-state index in [1.165, 1.54) is 28.8 Å². The fourth-order valence-corrected chi connectivity index (χ4v) is 2.11. The molecule has 13 heavy (non-hydrogen) atoms. The van der Waals surface area contributed by atoms with Crippen LogP contribution in [-0.4, -0.2) is 16.5 Å². The topological polar surface area (TPSA) is 57.5 Å². The smallest absolute Gasteiger partial charge is 0.151 e. The van der Waals surface area contributed by atoms with Crippen molar-refractivity contribution in [2.75, 3.05) is 0 Å². The molecule has 66 valence electrons. The second-order valence-electron chi connectivity index (χ2n) is 2.65. The van der Waals surface area contributed by atoms with E-state index >= 15 is 0 Å². The predicted molar refractivity (Wildman–Crippen MR) is 50.5 cm³/mol. The van der Waals surface area contributed by atoms with Crippen LogP contribution >= 0.6 is 11.3 Å². The first-order chi connectivity index (χ1) is 6.22. The minimum Gasteiger partial charge on any atom is -0.508 e. The molecule has 0 fully saturated rings. The fraction of sp³-hybridized carbons (Fsp3) is 0. The summed E-state index contributed by atoms with van der Waals surface area (Å²) in [4.78, 5) is 10.6. The highest BCUT2D eigenvalue weighted by atomic mass is 32.1. The summed E-state index contributed by atoms with van der Waals surface area (Å²) in [7, 11) is 0. The SMILES string of the molecule is O=Cc1cc(O)cc2c(O)csc12. The van der Waals surface area contributed by atoms with E-state index in [0.29, 0.717) is 21.9 Å². The highest BCUT2D eigenvalue weighted by Crippen LogP contribution is 2.35. The van der Waals surface area contributed by atoms with Gasteiger partial charge in [0.15, 0.2) is 6.29 Å². The molecule has 1 aromatic heterocycles. The molecule has 0 spiro atoms. The molecule has 0 saturated carbocycles. The average Bonchev–Trinajstić information content (AvgIpc) is 2.47. The van der Waals surface area contributed by atoms with Gasteiger partial charge in [0, 0.05) is 21.0 Å². The lowest BCUT2D eigenvalue weighted by atomic mass is 10.1. The number of aldehydes is 1. The number of benzene rings is 1. The number of fused-ring (bicyclic) bond motifs is 1. The van der Waals surface area contributed by atoms with Crippen LogP contribution in [0, 0.1) is 0 Å². The number of thiophene rings is 1. The first-order valence-electron chi connectivity index (χ1n) is 3.60. The maximum atomic E-state index is 10.6. The Morgan fingerprint density at radius 3 is 2.77 bits per heavy atom. The number of rotatable bonds is 1. The van der Waals surface area contributed by atoms with Gasteiger partial charge in [-0.3, -0.25) is 4.79 Å². The number of aromatic hydroxyl groups is 2. The van der Waals surface area contributed by atoms with Crippen molar-refractivity contribution in [2.45, 2.75) is 0 Å². The summed E-state index contributed by atoms with van der Waals surface area (Å²) in [6.07, 6.45) is 0.665. The van der Waals surface area contributed by atoms with Crippen molar-refractivity contribution in [1.82, 2.24) is 0 Å². The highest BCUT2D eigenvalue weighted by Gasteiger charge is 2.08. The van der Waals surface area contributed by atoms with Gasteiger partial charge in [-0.25, -0.2) is 0 Å². The van der Waals surface area contributed by atoms with E-state index in [2.05, 4.69) is 0 Å². The highest BCUT2D eigenvalue weighted by molar-refractivity contribution is 7.18. The Bertz CT molecular complexity index is 473. The standard InChI is InChI=1S/C9H6O3S/c10-3-5-1-6(11)2-7-8(12)4-13-9(5)7/h1-4,11-12H. The molecule has 1 aromatic carbocycles. The lowest BCUT2D eigenvalue weighted by molar-refractivity contribution is 0.112. The zero-order valence-corrected chi connectivity index (χ0v) is 7.34. The Hall–Kier alpha value is -1.55. The van der Waals surface area contributed by atoms with Gasteiger partial charge in [0.1, 0.15) is 11.5 Å². The summed E-state index contributed by atoms with van der Waals surface area (Å²) in [5, 5.41) is 20.6. The van der Waals surface area contributed by atoms with Crippen LogP contribution in [0.5, 0.6) is 11.5 Å². The van der Waals surface area contributed by atoms with Crippen LogP contribution in [-0.2, 0) is 0 Å². The zero-order valence-electron chi connectivity index (χ0n) is 6.52. The van der Waals surface area contributed by atoms with Crippen molar-refractivity contribution in [3.63, 3.8) is 0 Å². The normalized spacial score (nSPS) is 10.5. The zero-order chi connectivity index (χ0) is 9.42. The number of carbonyl (C=O) groups excluding carboxylic acids is 1. The first kappa shape index (κ1) is 8.07. The minimum atomic E-state index is -0.0108. The first-order valence-corrected chi connectivity index (χ1v) is 4.48. The van der Waals surface area contributed by atoms with Gasteiger partial charge in [-0.1, -0.05) is 0 Å². The van der Waals surface area contributed by atoms with Gasteiger partial charge in [0.05, 0.1) is 0 Å². The molecule has 0 aliphatic rings. The lowest BCUT2D eigenvalue weighted by Gasteiger charge is -1.96. The molecule has 2 aromatic rings. The molecule has 0 saturated heterocycles. The monoisotopic (exact) mass is 194 g/mol. The Balaban J connectivity index is 2.91. The van der Waals surface area contributed by atoms with Crippen molar-refractivity contribution >= 4 is 27.7 Å². The van der Waals surface area contributed by atoms with Gasteiger partial charge in [0.25, 0.3) is 0 Å². The molecule has 0 radical (unpaired) electrons. The van der Waals surface area contributed by atoms with Crippen molar-refractivity contribution in [3.8, 4) is 11.5 Å². The number of carbonyl (C=O) groups is 1. The van der Waals surface area contributed by atoms with Crippen LogP contribution < -0.4 is 0 Å². The summed E-state index contributed by atoms with van der Waals surface area (Å²) < 4.78 is 0.699. The molecule has 0 unspecified atom stereocenters. The van der Waals surface area contributed by atoms with E-state index in [0.717, 1.165) is 0 Å². The number of phenols is 1. The summed E-state index contributed by atoms with van der Waals surface area (Å²) >= 11 is 1.28. The Morgan fingerprint density at radius 1 is 1.31 bits per heavy atom. The molecule has 0 amide bonds. The Morgan fingerprint density at radius 2 is 2.08 bits per heavy atom. The third-order valence-electron chi connectivity index (χ3n) is 1.79. The number of hydrogen-bond donors (Lipinski definition) is 2. The second kappa shape index (κ2) is 2.74. The molecule has 0 aliphatic carbocycles. The van der Waals surface area contributed by atoms with E-state index < -0.39 is 0 Å². The molecule has 0 aliphatic heterocycles. The van der Waals surface area contributed by atoms with E-state index in [4.69, 9.17) is 0 Å². The molecular weight excluding hydrogens is 188 g/mol. The minimum absolute atomic E-state index is 0.0108. The molecule has 1 heterocycles. The van der Waals surface area contributed by atoms with Crippen LogP contribution in [0.4, 0.5) is 0 Å². The van der Waals surface area contributed by atoms with Crippen LogP contribution in [0.3, 0.4) is 0 Å². The van der Waals surface area contributed by atoms with Gasteiger partial charge in [-0.2, -0.15) is 0 Å². The van der Waals surface area contributed by atoms with Crippen LogP contribution in [0.2, 0.25) is 0 Å². The third kappa shape index (κ3) is 1.15. The maximum absolute atomic E-state index is 10.6. The molecule has 3 nitrogen and oxygen atoms in total. The Labute approximate surface area is 77.9 Å². The van der Waals surface area contributed by atoms with Crippen molar-refractivity contribution in [3.05, 3.63) is 23.1 Å². The third-order valence-corrected chi connectivity index (χ3v) is 2.83. The van der Waals surface area contributed by atoms with Gasteiger partial charge < -0.3 is 10.2 Å². The van der Waals surface area contributed by atoms with Crippen LogP contribution in [0.25, 0.3) is 10.1 Å². The van der Waals surface area contributed by atoms with Crippen LogP contribution in [0.15, 0.2) is 17.5 Å². The van der Waals surface area contributed by atoms with E-state index in [1.54, 1.807) is 0 Å². The average molecular weight is 194 g/mol. The summed E-state index contributed by atoms with van der Waals surface area (Å²) in [6, 6.07) is 2.82. The summed E-state index contributed by atoms with van der Waals surface area (Å²) in [5.41, 5.74) is 0.403. The van der Waals surface area contributed by atoms with Gasteiger partial charge in [-0.05, 0) is 12.1 Å². The van der Waals surface area contributed by atoms with Crippen molar-refractivity contribution in [1.29, 1.82) is 0 Å². The van der Waals surface area contributed by atoms with E-state index in [-0.39, 0.29) is 11.5 Å². The molecular formula is C9H6O3S. The lowest BCUT2D eigenvalue weighted by Crippen LogP contribution is -1.78. The molecule has 4 heteroatoms. The molecule has 2 rings (SSSR count). The maximum Gasteiger partial charge on any atom is 0.151 e. The van der Waals surface area contributed by atoms with Gasteiger partial charge >= 0.3 is 0 Å². The van der Waals surface area contributed by atoms with Crippen molar-refractivity contribution in [2.24, 2.45) is 0 Å². The summed E-state index contributed by atoms with van der Waals surface area (Å²) in [5.74, 6) is 0.0855. The van der Waals surface area contributed by atoms with Gasteiger partial charge in [-0.15, -0.1) is 11.3 Å². The van der Waals surface area contributed by atoms with E-state index in [9.17, 15) is 15.0 Å². The quantitative estimate of drug-likeness (QED) is 0.683.